The van der Waals surface area contributed by atoms with Gasteiger partial charge in [-0.15, -0.1) is 0 Å². The van der Waals surface area contributed by atoms with Crippen LogP contribution < -0.4 is 5.32 Å². The second-order valence-corrected chi connectivity index (χ2v) is 5.13. The first-order chi connectivity index (χ1) is 9.22. The molecular weight excluding hydrogens is 286 g/mol. The number of benzene rings is 1. The molecule has 0 spiro atoms. The van der Waals surface area contributed by atoms with E-state index in [-0.39, 0.29) is 28.0 Å². The molecule has 1 aromatic carbocycles. The number of nitrogens with zero attached hydrogens (tertiary/aromatic N) is 2. The Bertz CT molecular complexity index is 534. The number of rotatable bonds is 6. The average Bonchev–Trinajstić information content (AvgIpc) is 2.29. The number of aromatic carboxylic acids is 1. The van der Waals surface area contributed by atoms with Crippen LogP contribution in [0.2, 0.25) is 5.02 Å². The summed E-state index contributed by atoms with van der Waals surface area (Å²) in [4.78, 5) is 23.2. The first-order valence-corrected chi connectivity index (χ1v) is 6.22. The van der Waals surface area contributed by atoms with Gasteiger partial charge in [0.05, 0.1) is 21.2 Å². The highest BCUT2D eigenvalue weighted by molar-refractivity contribution is 6.34. The van der Waals surface area contributed by atoms with Crippen LogP contribution in [0.1, 0.15) is 17.3 Å². The number of halogens is 1. The van der Waals surface area contributed by atoms with E-state index in [0.717, 1.165) is 12.1 Å². The van der Waals surface area contributed by atoms with Gasteiger partial charge in [-0.25, -0.2) is 4.79 Å². The Morgan fingerprint density at radius 2 is 2.15 bits per heavy atom. The zero-order valence-corrected chi connectivity index (χ0v) is 12.1. The highest BCUT2D eigenvalue weighted by atomic mass is 35.5. The summed E-state index contributed by atoms with van der Waals surface area (Å²) in [6.07, 6.45) is 0. The third-order valence-electron chi connectivity index (χ3n) is 2.55. The molecule has 8 heteroatoms. The zero-order chi connectivity index (χ0) is 15.4. The Hall–Kier alpha value is -1.86. The molecule has 0 aliphatic heterocycles. The van der Waals surface area contributed by atoms with Gasteiger partial charge < -0.3 is 15.3 Å². The van der Waals surface area contributed by atoms with E-state index in [1.54, 1.807) is 0 Å². The zero-order valence-electron chi connectivity index (χ0n) is 11.4. The average molecular weight is 302 g/mol. The van der Waals surface area contributed by atoms with Gasteiger partial charge in [-0.3, -0.25) is 10.1 Å². The molecule has 20 heavy (non-hydrogen) atoms. The van der Waals surface area contributed by atoms with Crippen LogP contribution in [0.3, 0.4) is 0 Å². The van der Waals surface area contributed by atoms with Crippen LogP contribution in [-0.2, 0) is 0 Å². The number of carbonyl (C=O) groups is 1. The number of likely N-dealkylation sites (N-methyl/N-ethyl adjacent to an activating group) is 1. The van der Waals surface area contributed by atoms with Crippen molar-refractivity contribution in [1.29, 1.82) is 0 Å². The van der Waals surface area contributed by atoms with Crippen molar-refractivity contribution in [2.24, 2.45) is 0 Å². The molecule has 2 N–H and O–H groups in total. The second kappa shape index (κ2) is 6.53. The lowest BCUT2D eigenvalue weighted by molar-refractivity contribution is -0.384. The summed E-state index contributed by atoms with van der Waals surface area (Å²) in [5.74, 6) is -1.27. The van der Waals surface area contributed by atoms with E-state index >= 15 is 0 Å². The van der Waals surface area contributed by atoms with Crippen molar-refractivity contribution in [3.63, 3.8) is 0 Å². The number of hydrogen-bond acceptors (Lipinski definition) is 5. The summed E-state index contributed by atoms with van der Waals surface area (Å²) in [5.41, 5.74) is -0.368. The van der Waals surface area contributed by atoms with Crippen molar-refractivity contribution in [2.75, 3.05) is 26.0 Å². The number of hydrogen-bond donors (Lipinski definition) is 2. The van der Waals surface area contributed by atoms with Crippen molar-refractivity contribution in [3.8, 4) is 0 Å². The van der Waals surface area contributed by atoms with E-state index in [9.17, 15) is 14.9 Å². The molecule has 0 aliphatic carbocycles. The molecule has 1 aromatic rings. The fraction of sp³-hybridized carbons (Fsp3) is 0.417. The van der Waals surface area contributed by atoms with Gasteiger partial charge in [0.15, 0.2) is 0 Å². The smallest absolute Gasteiger partial charge is 0.338 e. The highest BCUT2D eigenvalue weighted by Crippen LogP contribution is 2.31. The fourth-order valence-corrected chi connectivity index (χ4v) is 2.12. The lowest BCUT2D eigenvalue weighted by Crippen LogP contribution is -2.30. The molecule has 0 amide bonds. The van der Waals surface area contributed by atoms with Crippen LogP contribution in [0.25, 0.3) is 0 Å². The molecule has 0 radical (unpaired) electrons. The predicted octanol–water partition coefficient (Wildman–Crippen LogP) is 2.31. The maximum Gasteiger partial charge on any atom is 0.338 e. The first kappa shape index (κ1) is 16.2. The highest BCUT2D eigenvalue weighted by Gasteiger charge is 2.21. The van der Waals surface area contributed by atoms with Crippen molar-refractivity contribution in [2.45, 2.75) is 13.0 Å². The van der Waals surface area contributed by atoms with Crippen LogP contribution in [0, 0.1) is 10.1 Å². The monoisotopic (exact) mass is 301 g/mol. The molecule has 0 aromatic heterocycles. The molecule has 0 saturated heterocycles. The minimum absolute atomic E-state index is 0.0159. The SMILES string of the molecule is CC(CN(C)C)Nc1c(Cl)cc([N+](=O)[O-])cc1C(=O)O. The summed E-state index contributed by atoms with van der Waals surface area (Å²) in [5, 5.41) is 22.9. The number of carboxylic acids is 1. The maximum absolute atomic E-state index is 11.2. The van der Waals surface area contributed by atoms with Crippen molar-refractivity contribution in [3.05, 3.63) is 32.8 Å². The van der Waals surface area contributed by atoms with Gasteiger partial charge in [-0.2, -0.15) is 0 Å². The fourth-order valence-electron chi connectivity index (χ4n) is 1.85. The molecule has 0 aliphatic rings. The van der Waals surface area contributed by atoms with Gasteiger partial charge in [0, 0.05) is 24.7 Å². The van der Waals surface area contributed by atoms with Crippen LogP contribution in [0.5, 0.6) is 0 Å². The first-order valence-electron chi connectivity index (χ1n) is 5.85. The third kappa shape index (κ3) is 4.07. The Morgan fingerprint density at radius 1 is 1.55 bits per heavy atom. The molecule has 1 rings (SSSR count). The van der Waals surface area contributed by atoms with Crippen molar-refractivity contribution >= 4 is 28.9 Å². The Balaban J connectivity index is 3.18. The van der Waals surface area contributed by atoms with Crippen molar-refractivity contribution in [1.82, 2.24) is 4.90 Å². The molecule has 7 nitrogen and oxygen atoms in total. The van der Waals surface area contributed by atoms with Gasteiger partial charge in [-0.1, -0.05) is 11.6 Å². The summed E-state index contributed by atoms with van der Waals surface area (Å²) in [7, 11) is 3.77. The minimum atomic E-state index is -1.27. The minimum Gasteiger partial charge on any atom is -0.478 e. The van der Waals surface area contributed by atoms with Gasteiger partial charge >= 0.3 is 5.97 Å². The normalized spacial score (nSPS) is 12.2. The van der Waals surface area contributed by atoms with Crippen molar-refractivity contribution < 1.29 is 14.8 Å². The standard InChI is InChI=1S/C12H16ClN3O4/c1-7(6-15(2)3)14-11-9(12(17)18)4-8(16(19)20)5-10(11)13/h4-5,7,14H,6H2,1-3H3,(H,17,18). The Labute approximate surface area is 121 Å². The molecule has 0 heterocycles. The molecule has 0 saturated carbocycles. The molecular formula is C12H16ClN3O4. The van der Waals surface area contributed by atoms with Crippen LogP contribution in [0.15, 0.2) is 12.1 Å². The van der Waals surface area contributed by atoms with E-state index in [1.807, 2.05) is 25.9 Å². The van der Waals surface area contributed by atoms with E-state index in [4.69, 9.17) is 16.7 Å². The number of carboxylic acid groups (broad SMARTS) is 1. The van der Waals surface area contributed by atoms with Gasteiger partial charge in [0.25, 0.3) is 5.69 Å². The van der Waals surface area contributed by atoms with Gasteiger partial charge in [-0.05, 0) is 21.0 Å². The van der Waals surface area contributed by atoms with E-state index in [1.165, 1.54) is 0 Å². The summed E-state index contributed by atoms with van der Waals surface area (Å²) in [6.45, 7) is 2.52. The number of nitro benzene ring substituents is 1. The van der Waals surface area contributed by atoms with E-state index in [2.05, 4.69) is 5.32 Å². The molecule has 1 atom stereocenters. The molecule has 0 bridgehead atoms. The van der Waals surface area contributed by atoms with E-state index in [0.29, 0.717) is 6.54 Å². The summed E-state index contributed by atoms with van der Waals surface area (Å²) >= 11 is 5.96. The number of nitrogens with one attached hydrogen (secondary N) is 1. The number of nitro groups is 1. The molecule has 1 unspecified atom stereocenters. The maximum atomic E-state index is 11.2. The second-order valence-electron chi connectivity index (χ2n) is 4.72. The molecule has 110 valence electrons. The number of non-ortho nitro benzene ring substituents is 1. The van der Waals surface area contributed by atoms with Crippen LogP contribution in [-0.4, -0.2) is 47.6 Å². The van der Waals surface area contributed by atoms with Crippen LogP contribution in [0.4, 0.5) is 11.4 Å². The largest absolute Gasteiger partial charge is 0.478 e. The number of anilines is 1. The predicted molar refractivity (Wildman–Crippen MR) is 76.7 cm³/mol. The summed E-state index contributed by atoms with van der Waals surface area (Å²) < 4.78 is 0. The lowest BCUT2D eigenvalue weighted by atomic mass is 10.1. The Kier molecular flexibility index (Phi) is 5.29. The quantitative estimate of drug-likeness (QED) is 0.618. The van der Waals surface area contributed by atoms with Crippen LogP contribution >= 0.6 is 11.6 Å². The topological polar surface area (TPSA) is 95.7 Å². The van der Waals surface area contributed by atoms with E-state index < -0.39 is 10.9 Å². The Morgan fingerprint density at radius 3 is 2.60 bits per heavy atom. The lowest BCUT2D eigenvalue weighted by Gasteiger charge is -2.21. The molecule has 0 fully saturated rings. The van der Waals surface area contributed by atoms with Gasteiger partial charge in [0.2, 0.25) is 0 Å². The van der Waals surface area contributed by atoms with Gasteiger partial charge in [0.1, 0.15) is 0 Å². The summed E-state index contributed by atoms with van der Waals surface area (Å²) in [6, 6.07) is 2.07. The third-order valence-corrected chi connectivity index (χ3v) is 2.84.